The van der Waals surface area contributed by atoms with Gasteiger partial charge in [-0.05, 0) is 96.3 Å². The molecule has 6 heteroatoms. The molecule has 0 bridgehead atoms. The van der Waals surface area contributed by atoms with Crippen LogP contribution < -0.4 is 0 Å². The second kappa shape index (κ2) is 64.9. The van der Waals surface area contributed by atoms with E-state index in [-0.39, 0.29) is 31.1 Å². The number of ether oxygens (including phenoxy) is 3. The Balaban J connectivity index is 4.05. The van der Waals surface area contributed by atoms with Crippen molar-refractivity contribution in [1.82, 2.24) is 0 Å². The van der Waals surface area contributed by atoms with Gasteiger partial charge in [0.2, 0.25) is 0 Å². The van der Waals surface area contributed by atoms with Gasteiger partial charge in [-0.15, -0.1) is 0 Å². The van der Waals surface area contributed by atoms with E-state index in [4.69, 9.17) is 14.2 Å². The van der Waals surface area contributed by atoms with Crippen LogP contribution in [0, 0.1) is 0 Å². The van der Waals surface area contributed by atoms with E-state index >= 15 is 0 Å². The minimum absolute atomic E-state index is 0.0752. The van der Waals surface area contributed by atoms with Gasteiger partial charge in [-0.25, -0.2) is 0 Å². The summed E-state index contributed by atoms with van der Waals surface area (Å²) in [6, 6.07) is 0. The minimum Gasteiger partial charge on any atom is -0.462 e. The van der Waals surface area contributed by atoms with Crippen LogP contribution in [0.3, 0.4) is 0 Å². The number of esters is 3. The molecule has 0 heterocycles. The lowest BCUT2D eigenvalue weighted by molar-refractivity contribution is -0.167. The van der Waals surface area contributed by atoms with Crippen molar-refractivity contribution in [2.24, 2.45) is 0 Å². The Morgan fingerprint density at radius 3 is 0.776 bits per heavy atom. The summed E-state index contributed by atoms with van der Waals surface area (Å²) >= 11 is 0. The quantitative estimate of drug-likeness (QED) is 0.0261. The lowest BCUT2D eigenvalue weighted by Gasteiger charge is -2.18. The molecule has 0 aliphatic rings. The van der Waals surface area contributed by atoms with E-state index in [0.29, 0.717) is 19.3 Å². The van der Waals surface area contributed by atoms with E-state index in [1.54, 1.807) is 0 Å². The first-order valence-electron chi connectivity index (χ1n) is 33.6. The smallest absolute Gasteiger partial charge is 0.306 e. The molecule has 0 N–H and O–H groups in total. The summed E-state index contributed by atoms with van der Waals surface area (Å²) in [5, 5.41) is 0. The summed E-state index contributed by atoms with van der Waals surface area (Å²) in [4.78, 5) is 38.2. The van der Waals surface area contributed by atoms with Crippen LogP contribution in [0.1, 0.15) is 361 Å². The maximum absolute atomic E-state index is 12.9. The standard InChI is InChI=1S/C70H128O6/c1-4-7-10-13-16-19-22-24-26-27-28-29-30-31-32-33-34-35-36-37-38-39-40-41-42-43-44-46-48-51-54-57-60-63-69(72)75-66-67(65-74-68(71)62-59-56-53-50-47-21-18-15-12-9-6-3)76-70(73)64-61-58-55-52-49-45-25-23-20-17-14-11-8-5-2/h15,18,22-25,27-28,67H,4-14,16-17,19-21,26,29-66H2,1-3H3/b18-15-,24-22-,25-23-,28-27-. The molecule has 0 aliphatic carbocycles. The Morgan fingerprint density at radius 1 is 0.263 bits per heavy atom. The number of allylic oxidation sites excluding steroid dienone is 8. The Morgan fingerprint density at radius 2 is 0.487 bits per heavy atom. The maximum atomic E-state index is 12.9. The molecule has 76 heavy (non-hydrogen) atoms. The molecule has 0 aliphatic heterocycles. The van der Waals surface area contributed by atoms with E-state index in [1.807, 2.05) is 0 Å². The zero-order valence-corrected chi connectivity index (χ0v) is 51.0. The van der Waals surface area contributed by atoms with Crippen molar-refractivity contribution in [2.45, 2.75) is 367 Å². The molecule has 0 aromatic heterocycles. The summed E-state index contributed by atoms with van der Waals surface area (Å²) in [5.41, 5.74) is 0. The Bertz CT molecular complexity index is 1310. The number of rotatable bonds is 62. The van der Waals surface area contributed by atoms with E-state index in [2.05, 4.69) is 69.4 Å². The van der Waals surface area contributed by atoms with Crippen molar-refractivity contribution in [3.05, 3.63) is 48.6 Å². The van der Waals surface area contributed by atoms with Crippen LogP contribution in [0.4, 0.5) is 0 Å². The molecule has 0 spiro atoms. The molecule has 0 rings (SSSR count). The van der Waals surface area contributed by atoms with Gasteiger partial charge in [-0.2, -0.15) is 0 Å². The number of hydrogen-bond acceptors (Lipinski definition) is 6. The Hall–Kier alpha value is -2.63. The summed E-state index contributed by atoms with van der Waals surface area (Å²) in [5.74, 6) is -0.875. The largest absolute Gasteiger partial charge is 0.462 e. The van der Waals surface area contributed by atoms with Crippen molar-refractivity contribution in [3.63, 3.8) is 0 Å². The van der Waals surface area contributed by atoms with Gasteiger partial charge in [-0.3, -0.25) is 14.4 Å². The third-order valence-corrected chi connectivity index (χ3v) is 15.0. The maximum Gasteiger partial charge on any atom is 0.306 e. The molecule has 0 aromatic carbocycles. The van der Waals surface area contributed by atoms with Crippen molar-refractivity contribution in [1.29, 1.82) is 0 Å². The average molecular weight is 1070 g/mol. The first kappa shape index (κ1) is 73.4. The summed E-state index contributed by atoms with van der Waals surface area (Å²) in [7, 11) is 0. The van der Waals surface area contributed by atoms with Gasteiger partial charge in [0.15, 0.2) is 6.10 Å². The van der Waals surface area contributed by atoms with Gasteiger partial charge >= 0.3 is 17.9 Å². The first-order chi connectivity index (χ1) is 37.5. The fraction of sp³-hybridized carbons (Fsp3) is 0.843. The number of hydrogen-bond donors (Lipinski definition) is 0. The fourth-order valence-electron chi connectivity index (χ4n) is 9.92. The highest BCUT2D eigenvalue weighted by Crippen LogP contribution is 2.18. The van der Waals surface area contributed by atoms with E-state index in [9.17, 15) is 14.4 Å². The highest BCUT2D eigenvalue weighted by molar-refractivity contribution is 5.71. The lowest BCUT2D eigenvalue weighted by atomic mass is 10.0. The molecule has 0 saturated carbocycles. The Labute approximate surface area is 473 Å². The van der Waals surface area contributed by atoms with Crippen molar-refractivity contribution in [3.8, 4) is 0 Å². The van der Waals surface area contributed by atoms with Crippen LogP contribution >= 0.6 is 0 Å². The summed E-state index contributed by atoms with van der Waals surface area (Å²) in [6.07, 6.45) is 81.5. The molecule has 0 amide bonds. The molecule has 444 valence electrons. The molecule has 0 saturated heterocycles. The molecule has 0 fully saturated rings. The van der Waals surface area contributed by atoms with Gasteiger partial charge in [0.05, 0.1) is 0 Å². The fourth-order valence-corrected chi connectivity index (χ4v) is 9.92. The average Bonchev–Trinajstić information content (AvgIpc) is 3.42. The predicted molar refractivity (Wildman–Crippen MR) is 330 cm³/mol. The van der Waals surface area contributed by atoms with Crippen LogP contribution in [-0.2, 0) is 28.6 Å². The first-order valence-corrected chi connectivity index (χ1v) is 33.6. The predicted octanol–water partition coefficient (Wildman–Crippen LogP) is 22.9. The second-order valence-electron chi connectivity index (χ2n) is 22.7. The van der Waals surface area contributed by atoms with Crippen molar-refractivity contribution >= 4 is 17.9 Å². The number of unbranched alkanes of at least 4 members (excludes halogenated alkanes) is 43. The molecule has 0 radical (unpaired) electrons. The highest BCUT2D eigenvalue weighted by atomic mass is 16.6. The normalized spacial score (nSPS) is 12.3. The molecular weight excluding hydrogens is 937 g/mol. The van der Waals surface area contributed by atoms with Gasteiger partial charge in [0.1, 0.15) is 13.2 Å². The van der Waals surface area contributed by atoms with E-state index in [0.717, 1.165) is 77.0 Å². The zero-order valence-electron chi connectivity index (χ0n) is 51.0. The molecule has 0 aromatic rings. The van der Waals surface area contributed by atoms with Crippen LogP contribution in [-0.4, -0.2) is 37.2 Å². The van der Waals surface area contributed by atoms with Crippen LogP contribution in [0.2, 0.25) is 0 Å². The summed E-state index contributed by atoms with van der Waals surface area (Å²) in [6.45, 7) is 6.61. The third-order valence-electron chi connectivity index (χ3n) is 15.0. The summed E-state index contributed by atoms with van der Waals surface area (Å²) < 4.78 is 16.9. The number of carbonyl (C=O) groups is 3. The highest BCUT2D eigenvalue weighted by Gasteiger charge is 2.19. The van der Waals surface area contributed by atoms with Crippen molar-refractivity contribution in [2.75, 3.05) is 13.2 Å². The van der Waals surface area contributed by atoms with E-state index in [1.165, 1.54) is 244 Å². The third kappa shape index (κ3) is 62.2. The zero-order chi connectivity index (χ0) is 55.0. The van der Waals surface area contributed by atoms with Crippen LogP contribution in [0.15, 0.2) is 48.6 Å². The second-order valence-corrected chi connectivity index (χ2v) is 22.7. The van der Waals surface area contributed by atoms with Gasteiger partial charge in [0.25, 0.3) is 0 Å². The van der Waals surface area contributed by atoms with Gasteiger partial charge < -0.3 is 14.2 Å². The SMILES string of the molecule is CCCC/C=C\CCCCCCCC(=O)OCC(COC(=O)CCCCCCCCCCCCCCCCCCCCCCC/C=C\C/C=C\CCCCCCC)OC(=O)CCCCCCC/C=C\CCCCCCC. The molecule has 6 nitrogen and oxygen atoms in total. The van der Waals surface area contributed by atoms with Crippen LogP contribution in [0.25, 0.3) is 0 Å². The van der Waals surface area contributed by atoms with Crippen molar-refractivity contribution < 1.29 is 28.6 Å². The lowest BCUT2D eigenvalue weighted by Crippen LogP contribution is -2.30. The molecule has 1 atom stereocenters. The monoisotopic (exact) mass is 1060 g/mol. The Kier molecular flexibility index (Phi) is 62.6. The topological polar surface area (TPSA) is 78.9 Å². The van der Waals surface area contributed by atoms with Crippen LogP contribution in [0.5, 0.6) is 0 Å². The van der Waals surface area contributed by atoms with Gasteiger partial charge in [0, 0.05) is 19.3 Å². The van der Waals surface area contributed by atoms with Gasteiger partial charge in [-0.1, -0.05) is 294 Å². The molecular formula is C70H128O6. The molecule has 1 unspecified atom stereocenters. The number of carbonyl (C=O) groups excluding carboxylic acids is 3. The van der Waals surface area contributed by atoms with E-state index < -0.39 is 6.10 Å². The minimum atomic E-state index is -0.778.